The number of ether oxygens (including phenoxy) is 2. The van der Waals surface area contributed by atoms with Crippen LogP contribution < -0.4 is 15.4 Å². The number of nitrogens with two attached hydrogens (primary N) is 1. The molecule has 0 radical (unpaired) electrons. The summed E-state index contributed by atoms with van der Waals surface area (Å²) in [5, 5.41) is 0. The summed E-state index contributed by atoms with van der Waals surface area (Å²) in [6, 6.07) is 2.72. The summed E-state index contributed by atoms with van der Waals surface area (Å²) in [5.74, 6) is -0.192. The molecule has 2 aliphatic rings. The van der Waals surface area contributed by atoms with Crippen LogP contribution in [0.5, 0.6) is 5.75 Å². The Balaban J connectivity index is 1.74. The predicted octanol–water partition coefficient (Wildman–Crippen LogP) is 2.67. The summed E-state index contributed by atoms with van der Waals surface area (Å²) < 4.78 is 61.1. The Morgan fingerprint density at radius 3 is 2.69 bits per heavy atom. The van der Waals surface area contributed by atoms with Crippen LogP contribution in [0.4, 0.5) is 29.2 Å². The maximum Gasteiger partial charge on any atom is 0.387 e. The number of morpholine rings is 1. The number of aromatic nitrogens is 3. The summed E-state index contributed by atoms with van der Waals surface area (Å²) in [5.41, 5.74) is 7.00. The number of fused-ring (bicyclic) bond motifs is 2. The van der Waals surface area contributed by atoms with Gasteiger partial charge in [0.15, 0.2) is 11.6 Å². The van der Waals surface area contributed by atoms with Gasteiger partial charge in [0.05, 0.1) is 37.4 Å². The molecule has 29 heavy (non-hydrogen) atoms. The number of nitrogen functional groups attached to an aromatic ring is 1. The summed E-state index contributed by atoms with van der Waals surface area (Å²) >= 11 is 0. The highest BCUT2D eigenvalue weighted by molar-refractivity contribution is 5.67. The van der Waals surface area contributed by atoms with E-state index in [-0.39, 0.29) is 40.8 Å². The first-order valence-corrected chi connectivity index (χ1v) is 8.75. The standard InChI is InChI=1S/C18H17F4N5O2/c1-8-11-7-28-13(8)6-27(11)16-3-10(25-15(26-16)4-14(19)20)9-2-12(29-18(21)22)17(23)24-5-9/h2-3,5,11,13-14,18H,1,4,6-7H2,(H2,23,24). The molecule has 0 saturated carbocycles. The van der Waals surface area contributed by atoms with Gasteiger partial charge < -0.3 is 20.1 Å². The van der Waals surface area contributed by atoms with Crippen molar-refractivity contribution in [3.8, 4) is 17.0 Å². The fourth-order valence-corrected chi connectivity index (χ4v) is 3.45. The minimum absolute atomic E-state index is 0.0741. The van der Waals surface area contributed by atoms with Crippen molar-refractivity contribution in [2.75, 3.05) is 23.8 Å². The lowest BCUT2D eigenvalue weighted by Crippen LogP contribution is -2.37. The van der Waals surface area contributed by atoms with E-state index in [4.69, 9.17) is 10.5 Å². The Morgan fingerprint density at radius 2 is 2.07 bits per heavy atom. The number of rotatable bonds is 6. The molecule has 4 rings (SSSR count). The molecule has 2 fully saturated rings. The molecule has 0 aromatic carbocycles. The number of hydrogen-bond acceptors (Lipinski definition) is 7. The van der Waals surface area contributed by atoms with Crippen LogP contribution in [0, 0.1) is 0 Å². The minimum atomic E-state index is -3.09. The molecule has 2 saturated heterocycles. The SMILES string of the molecule is C=C1C2CN(c3cc(-c4cnc(N)c(OC(F)F)c4)nc(CC(F)F)n3)C1CO2. The number of nitrogens with zero attached hydrogens (tertiary/aromatic N) is 4. The Kier molecular flexibility index (Phi) is 4.99. The van der Waals surface area contributed by atoms with Crippen LogP contribution in [0.1, 0.15) is 5.82 Å². The summed E-state index contributed by atoms with van der Waals surface area (Å²) in [6.45, 7) is 1.85. The second-order valence-electron chi connectivity index (χ2n) is 6.67. The van der Waals surface area contributed by atoms with Crippen LogP contribution in [0.2, 0.25) is 0 Å². The number of hydrogen-bond donors (Lipinski definition) is 1. The lowest BCUT2D eigenvalue weighted by molar-refractivity contribution is -0.0494. The van der Waals surface area contributed by atoms with Gasteiger partial charge in [-0.25, -0.2) is 23.7 Å². The van der Waals surface area contributed by atoms with E-state index in [1.54, 1.807) is 6.07 Å². The Hall–Kier alpha value is -2.95. The molecular formula is C18H17F4N5O2. The van der Waals surface area contributed by atoms with Crippen molar-refractivity contribution in [1.29, 1.82) is 0 Å². The van der Waals surface area contributed by atoms with Crippen LogP contribution in [0.3, 0.4) is 0 Å². The largest absolute Gasteiger partial charge is 0.431 e. The maximum atomic E-state index is 13.0. The van der Waals surface area contributed by atoms with Crippen LogP contribution in [0.25, 0.3) is 11.3 Å². The monoisotopic (exact) mass is 411 g/mol. The topological polar surface area (TPSA) is 86.4 Å². The zero-order chi connectivity index (χ0) is 20.7. The molecule has 2 unspecified atom stereocenters. The molecular weight excluding hydrogens is 394 g/mol. The Labute approximate surface area is 163 Å². The van der Waals surface area contributed by atoms with E-state index in [1.165, 1.54) is 12.3 Å². The van der Waals surface area contributed by atoms with Crippen LogP contribution in [-0.2, 0) is 11.2 Å². The molecule has 0 spiro atoms. The molecule has 4 heterocycles. The molecule has 2 aliphatic heterocycles. The molecule has 0 aliphatic carbocycles. The molecule has 2 aromatic rings. The third kappa shape index (κ3) is 3.82. The number of alkyl halides is 4. The smallest absolute Gasteiger partial charge is 0.387 e. The number of halogens is 4. The quantitative estimate of drug-likeness (QED) is 0.578. The minimum Gasteiger partial charge on any atom is -0.431 e. The molecule has 154 valence electrons. The Morgan fingerprint density at radius 1 is 1.28 bits per heavy atom. The second-order valence-corrected chi connectivity index (χ2v) is 6.67. The zero-order valence-corrected chi connectivity index (χ0v) is 15.1. The first-order valence-electron chi connectivity index (χ1n) is 8.75. The van der Waals surface area contributed by atoms with Crippen molar-refractivity contribution in [3.05, 3.63) is 36.3 Å². The van der Waals surface area contributed by atoms with Gasteiger partial charge in [0, 0.05) is 17.8 Å². The summed E-state index contributed by atoms with van der Waals surface area (Å²) in [6.07, 6.45) is -2.12. The third-order valence-corrected chi connectivity index (χ3v) is 4.82. The predicted molar refractivity (Wildman–Crippen MR) is 96.0 cm³/mol. The van der Waals surface area contributed by atoms with Crippen molar-refractivity contribution >= 4 is 11.6 Å². The van der Waals surface area contributed by atoms with E-state index in [0.29, 0.717) is 19.0 Å². The van der Waals surface area contributed by atoms with E-state index >= 15 is 0 Å². The highest BCUT2D eigenvalue weighted by atomic mass is 19.3. The van der Waals surface area contributed by atoms with Gasteiger partial charge in [-0.2, -0.15) is 8.78 Å². The normalized spacial score (nSPS) is 20.9. The average molecular weight is 411 g/mol. The van der Waals surface area contributed by atoms with Crippen molar-refractivity contribution < 1.29 is 27.0 Å². The van der Waals surface area contributed by atoms with Gasteiger partial charge in [0.1, 0.15) is 11.6 Å². The number of pyridine rings is 1. The van der Waals surface area contributed by atoms with Crippen molar-refractivity contribution in [2.24, 2.45) is 0 Å². The molecule has 11 heteroatoms. The van der Waals surface area contributed by atoms with Crippen molar-refractivity contribution in [1.82, 2.24) is 15.0 Å². The number of anilines is 2. The first kappa shape index (κ1) is 19.4. The van der Waals surface area contributed by atoms with Gasteiger partial charge in [0.25, 0.3) is 0 Å². The fraction of sp³-hybridized carbons (Fsp3) is 0.389. The molecule has 2 bridgehead atoms. The van der Waals surface area contributed by atoms with Crippen LogP contribution in [-0.4, -0.2) is 53.3 Å². The molecule has 7 nitrogen and oxygen atoms in total. The van der Waals surface area contributed by atoms with Crippen LogP contribution in [0.15, 0.2) is 30.5 Å². The van der Waals surface area contributed by atoms with E-state index in [0.717, 1.165) is 5.57 Å². The van der Waals surface area contributed by atoms with E-state index in [9.17, 15) is 17.6 Å². The van der Waals surface area contributed by atoms with Crippen molar-refractivity contribution in [3.63, 3.8) is 0 Å². The second kappa shape index (κ2) is 7.47. The summed E-state index contributed by atoms with van der Waals surface area (Å²) in [4.78, 5) is 14.2. The highest BCUT2D eigenvalue weighted by Crippen LogP contribution is 2.36. The van der Waals surface area contributed by atoms with E-state index in [1.807, 2.05) is 4.90 Å². The van der Waals surface area contributed by atoms with Crippen LogP contribution >= 0.6 is 0 Å². The van der Waals surface area contributed by atoms with Gasteiger partial charge in [-0.1, -0.05) is 6.58 Å². The Bertz CT molecular complexity index is 942. The molecule has 2 atom stereocenters. The fourth-order valence-electron chi connectivity index (χ4n) is 3.45. The van der Waals surface area contributed by atoms with Crippen molar-refractivity contribution in [2.45, 2.75) is 31.6 Å². The summed E-state index contributed by atoms with van der Waals surface area (Å²) in [7, 11) is 0. The lowest BCUT2D eigenvalue weighted by atomic mass is 10.1. The van der Waals surface area contributed by atoms with Gasteiger partial charge in [-0.15, -0.1) is 0 Å². The zero-order valence-electron chi connectivity index (χ0n) is 15.1. The molecule has 0 amide bonds. The lowest BCUT2D eigenvalue weighted by Gasteiger charge is -2.28. The van der Waals surface area contributed by atoms with Gasteiger partial charge in [-0.3, -0.25) is 0 Å². The van der Waals surface area contributed by atoms with Gasteiger partial charge >= 0.3 is 6.61 Å². The van der Waals surface area contributed by atoms with Gasteiger partial charge in [-0.05, 0) is 11.6 Å². The van der Waals surface area contributed by atoms with E-state index < -0.39 is 19.5 Å². The molecule has 2 N–H and O–H groups in total. The average Bonchev–Trinajstić information content (AvgIpc) is 3.17. The maximum absolute atomic E-state index is 13.0. The van der Waals surface area contributed by atoms with Gasteiger partial charge in [0.2, 0.25) is 6.43 Å². The first-order chi connectivity index (χ1) is 13.8. The van der Waals surface area contributed by atoms with E-state index in [2.05, 4.69) is 26.3 Å². The highest BCUT2D eigenvalue weighted by Gasteiger charge is 2.43. The third-order valence-electron chi connectivity index (χ3n) is 4.82. The molecule has 2 aromatic heterocycles.